The van der Waals surface area contributed by atoms with Crippen molar-refractivity contribution in [3.63, 3.8) is 0 Å². The first-order chi connectivity index (χ1) is 15.6. The van der Waals surface area contributed by atoms with Crippen LogP contribution in [-0.4, -0.2) is 26.9 Å². The Labute approximate surface area is 193 Å². The molecule has 0 unspecified atom stereocenters. The van der Waals surface area contributed by atoms with Crippen LogP contribution in [0.15, 0.2) is 65.6 Å². The summed E-state index contributed by atoms with van der Waals surface area (Å²) in [4.78, 5) is 24.8. The molecule has 3 aromatic rings. The number of anilines is 2. The third-order valence-corrected chi connectivity index (χ3v) is 6.47. The van der Waals surface area contributed by atoms with Crippen LogP contribution >= 0.6 is 0 Å². The minimum absolute atomic E-state index is 0.0713. The van der Waals surface area contributed by atoms with Gasteiger partial charge in [0.25, 0.3) is 15.9 Å². The van der Waals surface area contributed by atoms with Gasteiger partial charge in [0, 0.05) is 11.4 Å². The van der Waals surface area contributed by atoms with Crippen LogP contribution in [0.2, 0.25) is 0 Å². The lowest BCUT2D eigenvalue weighted by molar-refractivity contribution is -0.119. The number of carbonyl (C=O) groups is 2. The van der Waals surface area contributed by atoms with Crippen LogP contribution in [0.1, 0.15) is 32.6 Å². The number of ether oxygens (including phenoxy) is 1. The maximum absolute atomic E-state index is 12.8. The number of hydrogen-bond acceptors (Lipinski definition) is 5. The molecule has 0 bridgehead atoms. The van der Waals surface area contributed by atoms with E-state index in [0.717, 1.165) is 16.7 Å². The van der Waals surface area contributed by atoms with Crippen molar-refractivity contribution in [2.24, 2.45) is 0 Å². The van der Waals surface area contributed by atoms with Crippen molar-refractivity contribution < 1.29 is 22.7 Å². The highest BCUT2D eigenvalue weighted by Crippen LogP contribution is 2.21. The van der Waals surface area contributed by atoms with E-state index in [1.807, 2.05) is 45.0 Å². The molecule has 7 nitrogen and oxygen atoms in total. The van der Waals surface area contributed by atoms with E-state index in [2.05, 4.69) is 10.0 Å². The van der Waals surface area contributed by atoms with Gasteiger partial charge >= 0.3 is 5.97 Å². The van der Waals surface area contributed by atoms with Gasteiger partial charge in [-0.15, -0.1) is 0 Å². The fourth-order valence-corrected chi connectivity index (χ4v) is 4.38. The normalized spacial score (nSPS) is 11.0. The molecule has 3 rings (SSSR count). The Morgan fingerprint density at radius 3 is 2.18 bits per heavy atom. The zero-order valence-electron chi connectivity index (χ0n) is 18.9. The Kier molecular flexibility index (Phi) is 7.18. The average molecular weight is 467 g/mol. The highest BCUT2D eigenvalue weighted by Gasteiger charge is 2.20. The van der Waals surface area contributed by atoms with E-state index in [0.29, 0.717) is 16.9 Å². The van der Waals surface area contributed by atoms with Gasteiger partial charge in [0.1, 0.15) is 0 Å². The molecule has 1 amide bonds. The van der Waals surface area contributed by atoms with Gasteiger partial charge < -0.3 is 10.1 Å². The summed E-state index contributed by atoms with van der Waals surface area (Å²) in [5.74, 6) is -1.26. The molecule has 0 atom stereocenters. The van der Waals surface area contributed by atoms with Gasteiger partial charge in [0.15, 0.2) is 6.61 Å². The van der Waals surface area contributed by atoms with Crippen molar-refractivity contribution in [3.8, 4) is 0 Å². The molecule has 0 aromatic heterocycles. The molecule has 0 aliphatic carbocycles. The summed E-state index contributed by atoms with van der Waals surface area (Å²) in [6.07, 6.45) is 0. The van der Waals surface area contributed by atoms with Crippen molar-refractivity contribution in [2.45, 2.75) is 32.6 Å². The van der Waals surface area contributed by atoms with E-state index in [9.17, 15) is 18.0 Å². The van der Waals surface area contributed by atoms with Crippen LogP contribution in [-0.2, 0) is 19.6 Å². The van der Waals surface area contributed by atoms with Crippen molar-refractivity contribution in [1.29, 1.82) is 0 Å². The Bertz CT molecular complexity index is 1300. The largest absolute Gasteiger partial charge is 0.452 e. The first-order valence-electron chi connectivity index (χ1n) is 10.3. The van der Waals surface area contributed by atoms with E-state index in [4.69, 9.17) is 4.74 Å². The molecule has 0 fully saturated rings. The summed E-state index contributed by atoms with van der Waals surface area (Å²) in [6.45, 7) is 6.76. The number of rotatable bonds is 7. The van der Waals surface area contributed by atoms with Crippen LogP contribution < -0.4 is 10.0 Å². The topological polar surface area (TPSA) is 102 Å². The SMILES string of the molecule is Cc1cccc(NS(=O)(=O)c2ccc(C)c(C(=O)OCC(=O)Nc3c(C)cccc3C)c2)c1. The molecule has 0 aliphatic rings. The van der Waals surface area contributed by atoms with Crippen LogP contribution in [0, 0.1) is 27.7 Å². The van der Waals surface area contributed by atoms with E-state index in [-0.39, 0.29) is 10.5 Å². The monoisotopic (exact) mass is 466 g/mol. The van der Waals surface area contributed by atoms with Crippen LogP contribution in [0.25, 0.3) is 0 Å². The number of carbonyl (C=O) groups excluding carboxylic acids is 2. The van der Waals surface area contributed by atoms with E-state index < -0.39 is 28.5 Å². The first kappa shape index (κ1) is 24.0. The summed E-state index contributed by atoms with van der Waals surface area (Å²) in [6, 6.07) is 16.8. The maximum Gasteiger partial charge on any atom is 0.338 e. The quantitative estimate of drug-likeness (QED) is 0.499. The van der Waals surface area contributed by atoms with Crippen molar-refractivity contribution in [3.05, 3.63) is 88.5 Å². The highest BCUT2D eigenvalue weighted by atomic mass is 32.2. The molecule has 2 N–H and O–H groups in total. The molecule has 0 aliphatic heterocycles. The lowest BCUT2D eigenvalue weighted by atomic mass is 10.1. The number of esters is 1. The molecule has 0 saturated carbocycles. The van der Waals surface area contributed by atoms with Crippen LogP contribution in [0.4, 0.5) is 11.4 Å². The zero-order chi connectivity index (χ0) is 24.2. The summed E-state index contributed by atoms with van der Waals surface area (Å²) in [7, 11) is -3.92. The number of amides is 1. The number of aryl methyl sites for hydroxylation is 4. The number of para-hydroxylation sites is 1. The fraction of sp³-hybridized carbons (Fsp3) is 0.200. The van der Waals surface area contributed by atoms with Crippen molar-refractivity contribution >= 4 is 33.3 Å². The summed E-state index contributed by atoms with van der Waals surface area (Å²) < 4.78 is 33.3. The molecule has 0 heterocycles. The minimum atomic E-state index is -3.92. The van der Waals surface area contributed by atoms with Gasteiger partial charge in [-0.05, 0) is 74.2 Å². The summed E-state index contributed by atoms with van der Waals surface area (Å²) in [5, 5.41) is 2.75. The zero-order valence-corrected chi connectivity index (χ0v) is 19.7. The lowest BCUT2D eigenvalue weighted by Crippen LogP contribution is -2.22. The number of hydrogen-bond donors (Lipinski definition) is 2. The standard InChI is InChI=1S/C25H26N2O5S/c1-16-7-5-10-20(13-16)27-33(30,31)21-12-11-17(2)22(14-21)25(29)32-15-23(28)26-24-18(3)8-6-9-19(24)4/h5-14,27H,15H2,1-4H3,(H,26,28). The number of sulfonamides is 1. The molecule has 0 saturated heterocycles. The second-order valence-electron chi connectivity index (χ2n) is 7.84. The number of benzene rings is 3. The van der Waals surface area contributed by atoms with Gasteiger partial charge in [-0.1, -0.05) is 36.4 Å². The van der Waals surface area contributed by atoms with E-state index in [1.54, 1.807) is 25.1 Å². The highest BCUT2D eigenvalue weighted by molar-refractivity contribution is 7.92. The Balaban J connectivity index is 1.72. The molecular weight excluding hydrogens is 440 g/mol. The smallest absolute Gasteiger partial charge is 0.338 e. The average Bonchev–Trinajstić information content (AvgIpc) is 2.74. The summed E-state index contributed by atoms with van der Waals surface area (Å²) >= 11 is 0. The van der Waals surface area contributed by atoms with E-state index >= 15 is 0 Å². The second-order valence-corrected chi connectivity index (χ2v) is 9.53. The van der Waals surface area contributed by atoms with Gasteiger partial charge in [0.2, 0.25) is 0 Å². The first-order valence-corrected chi connectivity index (χ1v) is 11.8. The van der Waals surface area contributed by atoms with Gasteiger partial charge in [0.05, 0.1) is 10.5 Å². The third kappa shape index (κ3) is 5.98. The summed E-state index contributed by atoms with van der Waals surface area (Å²) in [5.41, 5.74) is 4.39. The lowest BCUT2D eigenvalue weighted by Gasteiger charge is -2.13. The van der Waals surface area contributed by atoms with Gasteiger partial charge in [-0.2, -0.15) is 0 Å². The fourth-order valence-electron chi connectivity index (χ4n) is 3.31. The van der Waals surface area contributed by atoms with Crippen molar-refractivity contribution in [1.82, 2.24) is 0 Å². The number of nitrogens with one attached hydrogen (secondary N) is 2. The van der Waals surface area contributed by atoms with Crippen LogP contribution in [0.3, 0.4) is 0 Å². The Hall–Kier alpha value is -3.65. The Morgan fingerprint density at radius 1 is 0.848 bits per heavy atom. The molecule has 0 spiro atoms. The third-order valence-electron chi connectivity index (χ3n) is 5.09. The molecule has 8 heteroatoms. The predicted octanol–water partition coefficient (Wildman–Crippen LogP) is 4.52. The molecule has 3 aromatic carbocycles. The van der Waals surface area contributed by atoms with Crippen LogP contribution in [0.5, 0.6) is 0 Å². The predicted molar refractivity (Wildman–Crippen MR) is 128 cm³/mol. The molecule has 172 valence electrons. The molecule has 0 radical (unpaired) electrons. The van der Waals surface area contributed by atoms with E-state index in [1.165, 1.54) is 18.2 Å². The van der Waals surface area contributed by atoms with Gasteiger partial charge in [-0.3, -0.25) is 9.52 Å². The second kappa shape index (κ2) is 9.87. The van der Waals surface area contributed by atoms with Gasteiger partial charge in [-0.25, -0.2) is 13.2 Å². The maximum atomic E-state index is 12.8. The molecule has 33 heavy (non-hydrogen) atoms. The molecular formula is C25H26N2O5S. The Morgan fingerprint density at radius 2 is 1.52 bits per heavy atom. The minimum Gasteiger partial charge on any atom is -0.452 e. The van der Waals surface area contributed by atoms with Crippen molar-refractivity contribution in [2.75, 3.05) is 16.6 Å².